The van der Waals surface area contributed by atoms with E-state index >= 15 is 0 Å². The monoisotopic (exact) mass is 242 g/mol. The van der Waals surface area contributed by atoms with Gasteiger partial charge in [0.2, 0.25) is 0 Å². The largest absolute Gasteiger partial charge is 0.353 e. The van der Waals surface area contributed by atoms with E-state index in [-0.39, 0.29) is 6.29 Å². The van der Waals surface area contributed by atoms with Gasteiger partial charge >= 0.3 is 0 Å². The Balaban J connectivity index is 1.67. The number of piperidine rings is 1. The van der Waals surface area contributed by atoms with Crippen molar-refractivity contribution in [3.05, 3.63) is 0 Å². The summed E-state index contributed by atoms with van der Waals surface area (Å²) < 4.78 is 11.2. The predicted molar refractivity (Wildman–Crippen MR) is 68.1 cm³/mol. The SMILES string of the molecule is CN(C)C1CCCN(CCC2OCCCO2)C1. The van der Waals surface area contributed by atoms with Crippen molar-refractivity contribution in [1.29, 1.82) is 0 Å². The molecular weight excluding hydrogens is 216 g/mol. The Kier molecular flexibility index (Phi) is 5.22. The minimum Gasteiger partial charge on any atom is -0.353 e. The molecule has 2 heterocycles. The van der Waals surface area contributed by atoms with Crippen LogP contribution < -0.4 is 0 Å². The maximum atomic E-state index is 5.58. The maximum Gasteiger partial charge on any atom is 0.158 e. The van der Waals surface area contributed by atoms with Crippen LogP contribution in [0.5, 0.6) is 0 Å². The summed E-state index contributed by atoms with van der Waals surface area (Å²) in [5.41, 5.74) is 0. The maximum absolute atomic E-state index is 5.58. The first-order valence-electron chi connectivity index (χ1n) is 6.87. The average molecular weight is 242 g/mol. The minimum atomic E-state index is 0.0449. The van der Waals surface area contributed by atoms with E-state index in [1.807, 2.05) is 0 Å². The van der Waals surface area contributed by atoms with Crippen LogP contribution in [0, 0.1) is 0 Å². The second kappa shape index (κ2) is 6.69. The van der Waals surface area contributed by atoms with Gasteiger partial charge in [0.25, 0.3) is 0 Å². The van der Waals surface area contributed by atoms with Crippen molar-refractivity contribution in [1.82, 2.24) is 9.80 Å². The van der Waals surface area contributed by atoms with Gasteiger partial charge in [0.1, 0.15) is 0 Å². The summed E-state index contributed by atoms with van der Waals surface area (Å²) >= 11 is 0. The van der Waals surface area contributed by atoms with Crippen LogP contribution in [0.3, 0.4) is 0 Å². The second-order valence-electron chi connectivity index (χ2n) is 5.37. The molecule has 1 atom stereocenters. The van der Waals surface area contributed by atoms with Gasteiger partial charge in [0.15, 0.2) is 6.29 Å². The first kappa shape index (κ1) is 13.3. The summed E-state index contributed by atoms with van der Waals surface area (Å²) in [4.78, 5) is 4.90. The van der Waals surface area contributed by atoms with Crippen LogP contribution in [0.1, 0.15) is 25.7 Å². The van der Waals surface area contributed by atoms with E-state index in [0.717, 1.165) is 38.6 Å². The molecule has 0 aromatic rings. The molecule has 0 N–H and O–H groups in total. The summed E-state index contributed by atoms with van der Waals surface area (Å²) in [5, 5.41) is 0. The summed E-state index contributed by atoms with van der Waals surface area (Å²) in [5.74, 6) is 0. The normalized spacial score (nSPS) is 28.8. The lowest BCUT2D eigenvalue weighted by atomic mass is 10.0. The van der Waals surface area contributed by atoms with Crippen molar-refractivity contribution in [3.8, 4) is 0 Å². The quantitative estimate of drug-likeness (QED) is 0.739. The highest BCUT2D eigenvalue weighted by Crippen LogP contribution is 2.15. The zero-order valence-corrected chi connectivity index (χ0v) is 11.2. The Labute approximate surface area is 105 Å². The number of ether oxygens (including phenoxy) is 2. The van der Waals surface area contributed by atoms with E-state index in [2.05, 4.69) is 23.9 Å². The van der Waals surface area contributed by atoms with Gasteiger partial charge < -0.3 is 19.3 Å². The molecule has 100 valence electrons. The van der Waals surface area contributed by atoms with Crippen molar-refractivity contribution in [2.24, 2.45) is 0 Å². The van der Waals surface area contributed by atoms with Crippen molar-refractivity contribution in [2.45, 2.75) is 38.0 Å². The smallest absolute Gasteiger partial charge is 0.158 e. The van der Waals surface area contributed by atoms with Crippen molar-refractivity contribution < 1.29 is 9.47 Å². The van der Waals surface area contributed by atoms with Crippen molar-refractivity contribution >= 4 is 0 Å². The van der Waals surface area contributed by atoms with Crippen LogP contribution >= 0.6 is 0 Å². The second-order valence-corrected chi connectivity index (χ2v) is 5.37. The zero-order chi connectivity index (χ0) is 12.1. The Morgan fingerprint density at radius 1 is 1.18 bits per heavy atom. The lowest BCUT2D eigenvalue weighted by Gasteiger charge is -2.36. The van der Waals surface area contributed by atoms with E-state index in [0.29, 0.717) is 0 Å². The Hall–Kier alpha value is -0.160. The zero-order valence-electron chi connectivity index (χ0n) is 11.2. The molecular formula is C13H26N2O2. The molecule has 2 saturated heterocycles. The van der Waals surface area contributed by atoms with Gasteiger partial charge in [-0.05, 0) is 39.9 Å². The molecule has 1 unspecified atom stereocenters. The molecule has 0 aromatic carbocycles. The number of nitrogens with zero attached hydrogens (tertiary/aromatic N) is 2. The van der Waals surface area contributed by atoms with Gasteiger partial charge in [-0.1, -0.05) is 0 Å². The molecule has 0 amide bonds. The van der Waals surface area contributed by atoms with Gasteiger partial charge in [0.05, 0.1) is 13.2 Å². The fourth-order valence-corrected chi connectivity index (χ4v) is 2.65. The molecule has 2 fully saturated rings. The van der Waals surface area contributed by atoms with Crippen LogP contribution in [0.2, 0.25) is 0 Å². The molecule has 2 aliphatic rings. The van der Waals surface area contributed by atoms with Crippen LogP contribution in [0.15, 0.2) is 0 Å². The van der Waals surface area contributed by atoms with E-state index < -0.39 is 0 Å². The van der Waals surface area contributed by atoms with Crippen LogP contribution in [0.4, 0.5) is 0 Å². The van der Waals surface area contributed by atoms with Crippen LogP contribution in [-0.4, -0.2) is 69.1 Å². The molecule has 0 saturated carbocycles. The van der Waals surface area contributed by atoms with Crippen molar-refractivity contribution in [2.75, 3.05) is 46.9 Å². The van der Waals surface area contributed by atoms with E-state index in [4.69, 9.17) is 9.47 Å². The molecule has 0 spiro atoms. The number of likely N-dealkylation sites (tertiary alicyclic amines) is 1. The van der Waals surface area contributed by atoms with Crippen LogP contribution in [-0.2, 0) is 9.47 Å². The average Bonchev–Trinajstić information content (AvgIpc) is 2.38. The highest BCUT2D eigenvalue weighted by atomic mass is 16.7. The fourth-order valence-electron chi connectivity index (χ4n) is 2.65. The van der Waals surface area contributed by atoms with Gasteiger partial charge in [-0.25, -0.2) is 0 Å². The van der Waals surface area contributed by atoms with E-state index in [1.165, 1.54) is 25.9 Å². The summed E-state index contributed by atoms with van der Waals surface area (Å²) in [7, 11) is 4.36. The third-order valence-corrected chi connectivity index (χ3v) is 3.79. The lowest BCUT2D eigenvalue weighted by Crippen LogP contribution is -2.46. The molecule has 0 aliphatic carbocycles. The first-order valence-corrected chi connectivity index (χ1v) is 6.87. The van der Waals surface area contributed by atoms with Gasteiger partial charge in [-0.3, -0.25) is 0 Å². The molecule has 2 aliphatic heterocycles. The standard InChI is InChI=1S/C13H26N2O2/c1-14(2)12-5-3-7-15(11-12)8-6-13-16-9-4-10-17-13/h12-13H,3-11H2,1-2H3. The number of likely N-dealkylation sites (N-methyl/N-ethyl adjacent to an activating group) is 1. The Bertz CT molecular complexity index is 217. The van der Waals surface area contributed by atoms with Crippen LogP contribution in [0.25, 0.3) is 0 Å². The van der Waals surface area contributed by atoms with Gasteiger partial charge in [0, 0.05) is 25.6 Å². The third kappa shape index (κ3) is 4.21. The summed E-state index contributed by atoms with van der Waals surface area (Å²) in [6.45, 7) is 5.27. The highest BCUT2D eigenvalue weighted by molar-refractivity contribution is 4.78. The number of hydrogen-bond donors (Lipinski definition) is 0. The molecule has 4 nitrogen and oxygen atoms in total. The molecule has 0 aromatic heterocycles. The third-order valence-electron chi connectivity index (χ3n) is 3.79. The Morgan fingerprint density at radius 3 is 2.65 bits per heavy atom. The van der Waals surface area contributed by atoms with E-state index in [9.17, 15) is 0 Å². The molecule has 0 bridgehead atoms. The Morgan fingerprint density at radius 2 is 1.94 bits per heavy atom. The number of rotatable bonds is 4. The van der Waals surface area contributed by atoms with Crippen molar-refractivity contribution in [3.63, 3.8) is 0 Å². The fraction of sp³-hybridized carbons (Fsp3) is 1.00. The minimum absolute atomic E-state index is 0.0449. The molecule has 0 radical (unpaired) electrons. The molecule has 17 heavy (non-hydrogen) atoms. The number of hydrogen-bond acceptors (Lipinski definition) is 4. The van der Waals surface area contributed by atoms with E-state index in [1.54, 1.807) is 0 Å². The van der Waals surface area contributed by atoms with Gasteiger partial charge in [-0.15, -0.1) is 0 Å². The predicted octanol–water partition coefficient (Wildman–Crippen LogP) is 1.17. The topological polar surface area (TPSA) is 24.9 Å². The highest BCUT2D eigenvalue weighted by Gasteiger charge is 2.22. The first-order chi connectivity index (χ1) is 8.25. The van der Waals surface area contributed by atoms with Gasteiger partial charge in [-0.2, -0.15) is 0 Å². The summed E-state index contributed by atoms with van der Waals surface area (Å²) in [6.07, 6.45) is 4.75. The molecule has 4 heteroatoms. The molecule has 2 rings (SSSR count). The lowest BCUT2D eigenvalue weighted by molar-refractivity contribution is -0.183. The summed E-state index contributed by atoms with van der Waals surface area (Å²) in [6, 6.07) is 0.719.